The maximum Gasteiger partial charge on any atom is 0.224 e. The van der Waals surface area contributed by atoms with Gasteiger partial charge in [0, 0.05) is 24.5 Å². The fourth-order valence-corrected chi connectivity index (χ4v) is 3.41. The summed E-state index contributed by atoms with van der Waals surface area (Å²) in [6.07, 6.45) is 8.26. The highest BCUT2D eigenvalue weighted by atomic mass is 16.2. The van der Waals surface area contributed by atoms with Crippen molar-refractivity contribution in [2.24, 2.45) is 11.7 Å². The van der Waals surface area contributed by atoms with Gasteiger partial charge in [-0.15, -0.1) is 0 Å². The van der Waals surface area contributed by atoms with Crippen LogP contribution in [0.5, 0.6) is 0 Å². The van der Waals surface area contributed by atoms with Gasteiger partial charge in [0.25, 0.3) is 0 Å². The van der Waals surface area contributed by atoms with Crippen molar-refractivity contribution in [1.29, 1.82) is 0 Å². The van der Waals surface area contributed by atoms with Crippen LogP contribution in [0.2, 0.25) is 0 Å². The van der Waals surface area contributed by atoms with Crippen LogP contribution in [0.25, 0.3) is 0 Å². The highest BCUT2D eigenvalue weighted by Crippen LogP contribution is 2.30. The molecule has 1 aliphatic carbocycles. The lowest BCUT2D eigenvalue weighted by Crippen LogP contribution is -2.50. The van der Waals surface area contributed by atoms with Crippen molar-refractivity contribution in [3.63, 3.8) is 0 Å². The highest BCUT2D eigenvalue weighted by Gasteiger charge is 2.33. The molecule has 1 amide bonds. The fourth-order valence-electron chi connectivity index (χ4n) is 3.41. The number of rotatable bonds is 7. The molecule has 0 atom stereocenters. The number of nitrogens with two attached hydrogens (primary N) is 1. The van der Waals surface area contributed by atoms with E-state index < -0.39 is 0 Å². The zero-order valence-electron chi connectivity index (χ0n) is 14.0. The molecule has 0 spiro atoms. The first kappa shape index (κ1) is 17.5. The standard InChI is InChI=1S/C17H34N2O/c1-5-15(6-2)19(13-14(3)4)16(20)12-17(18)10-8-7-9-11-17/h14-15H,5-13,18H2,1-4H3. The number of hydrogen-bond donors (Lipinski definition) is 1. The first-order chi connectivity index (χ1) is 9.41. The van der Waals surface area contributed by atoms with Crippen molar-refractivity contribution >= 4 is 5.91 Å². The second kappa shape index (κ2) is 8.02. The van der Waals surface area contributed by atoms with Crippen LogP contribution in [-0.4, -0.2) is 28.9 Å². The Morgan fingerprint density at radius 3 is 2.15 bits per heavy atom. The maximum absolute atomic E-state index is 12.8. The van der Waals surface area contributed by atoms with E-state index in [-0.39, 0.29) is 11.4 Å². The Labute approximate surface area is 125 Å². The van der Waals surface area contributed by atoms with Gasteiger partial charge in [-0.05, 0) is 31.6 Å². The molecular weight excluding hydrogens is 248 g/mol. The lowest BCUT2D eigenvalue weighted by Gasteiger charge is -2.38. The molecule has 0 heterocycles. The molecule has 0 saturated heterocycles. The molecule has 0 aromatic heterocycles. The van der Waals surface area contributed by atoms with Crippen molar-refractivity contribution in [1.82, 2.24) is 4.90 Å². The van der Waals surface area contributed by atoms with Crippen LogP contribution in [0, 0.1) is 5.92 Å². The van der Waals surface area contributed by atoms with Crippen molar-refractivity contribution in [2.45, 2.75) is 90.6 Å². The van der Waals surface area contributed by atoms with Gasteiger partial charge in [0.2, 0.25) is 5.91 Å². The van der Waals surface area contributed by atoms with Gasteiger partial charge < -0.3 is 10.6 Å². The first-order valence-corrected chi connectivity index (χ1v) is 8.50. The van der Waals surface area contributed by atoms with Gasteiger partial charge in [-0.3, -0.25) is 4.79 Å². The van der Waals surface area contributed by atoms with Crippen LogP contribution >= 0.6 is 0 Å². The van der Waals surface area contributed by atoms with Gasteiger partial charge in [0.1, 0.15) is 0 Å². The van der Waals surface area contributed by atoms with Crippen LogP contribution in [0.4, 0.5) is 0 Å². The molecule has 1 fully saturated rings. The Bertz CT molecular complexity index is 291. The topological polar surface area (TPSA) is 46.3 Å². The highest BCUT2D eigenvalue weighted by molar-refractivity contribution is 5.77. The van der Waals surface area contributed by atoms with Gasteiger partial charge in [-0.25, -0.2) is 0 Å². The average Bonchev–Trinajstić information content (AvgIpc) is 2.38. The monoisotopic (exact) mass is 282 g/mol. The summed E-state index contributed by atoms with van der Waals surface area (Å²) in [5.41, 5.74) is 6.22. The van der Waals surface area contributed by atoms with Gasteiger partial charge in [-0.2, -0.15) is 0 Å². The van der Waals surface area contributed by atoms with Gasteiger partial charge in [-0.1, -0.05) is 47.0 Å². The zero-order chi connectivity index (χ0) is 15.2. The molecule has 20 heavy (non-hydrogen) atoms. The minimum Gasteiger partial charge on any atom is -0.339 e. The minimum absolute atomic E-state index is 0.239. The SMILES string of the molecule is CCC(CC)N(CC(C)C)C(=O)CC1(N)CCCCC1. The van der Waals surface area contributed by atoms with Crippen molar-refractivity contribution < 1.29 is 4.79 Å². The molecule has 0 aromatic carbocycles. The van der Waals surface area contributed by atoms with E-state index in [0.29, 0.717) is 18.4 Å². The van der Waals surface area contributed by atoms with E-state index in [0.717, 1.165) is 32.2 Å². The van der Waals surface area contributed by atoms with Crippen LogP contribution in [0.15, 0.2) is 0 Å². The summed E-state index contributed by atoms with van der Waals surface area (Å²) in [6, 6.07) is 0.372. The molecule has 0 aromatic rings. The number of carbonyl (C=O) groups excluding carboxylic acids is 1. The smallest absolute Gasteiger partial charge is 0.224 e. The summed E-state index contributed by atoms with van der Waals surface area (Å²) in [5, 5.41) is 0. The molecule has 0 bridgehead atoms. The molecule has 3 nitrogen and oxygen atoms in total. The molecular formula is C17H34N2O. The largest absolute Gasteiger partial charge is 0.339 e. The summed E-state index contributed by atoms with van der Waals surface area (Å²) in [6.45, 7) is 9.57. The Hall–Kier alpha value is -0.570. The van der Waals surface area contributed by atoms with Gasteiger partial charge in [0.15, 0.2) is 0 Å². The third kappa shape index (κ3) is 5.08. The molecule has 1 aliphatic rings. The number of hydrogen-bond acceptors (Lipinski definition) is 2. The van der Waals surface area contributed by atoms with E-state index >= 15 is 0 Å². The molecule has 0 radical (unpaired) electrons. The number of carbonyl (C=O) groups is 1. The predicted octanol–water partition coefficient (Wildman–Crippen LogP) is 3.71. The summed E-state index contributed by atoms with van der Waals surface area (Å²) >= 11 is 0. The number of nitrogens with zero attached hydrogens (tertiary/aromatic N) is 1. The van der Waals surface area contributed by atoms with Gasteiger partial charge in [0.05, 0.1) is 0 Å². The first-order valence-electron chi connectivity index (χ1n) is 8.50. The third-order valence-corrected chi connectivity index (χ3v) is 4.62. The van der Waals surface area contributed by atoms with Crippen molar-refractivity contribution in [2.75, 3.05) is 6.54 Å². The van der Waals surface area contributed by atoms with Gasteiger partial charge >= 0.3 is 0 Å². The Balaban J connectivity index is 2.71. The fraction of sp³-hybridized carbons (Fsp3) is 0.941. The summed E-state index contributed by atoms with van der Waals surface area (Å²) in [7, 11) is 0. The van der Waals surface area contributed by atoms with Crippen LogP contribution in [0.3, 0.4) is 0 Å². The molecule has 0 aliphatic heterocycles. The summed E-state index contributed by atoms with van der Waals surface area (Å²) < 4.78 is 0. The second-order valence-electron chi connectivity index (χ2n) is 7.01. The molecule has 118 valence electrons. The van der Waals surface area contributed by atoms with Crippen molar-refractivity contribution in [3.05, 3.63) is 0 Å². The van der Waals surface area contributed by atoms with E-state index in [9.17, 15) is 4.79 Å². The lowest BCUT2D eigenvalue weighted by molar-refractivity contribution is -0.136. The maximum atomic E-state index is 12.8. The Morgan fingerprint density at radius 1 is 1.15 bits per heavy atom. The van der Waals surface area contributed by atoms with E-state index in [1.54, 1.807) is 0 Å². The van der Waals surface area contributed by atoms with E-state index in [1.165, 1.54) is 19.3 Å². The van der Waals surface area contributed by atoms with E-state index in [4.69, 9.17) is 5.73 Å². The quantitative estimate of drug-likeness (QED) is 0.773. The normalized spacial score (nSPS) is 18.6. The predicted molar refractivity (Wildman–Crippen MR) is 85.5 cm³/mol. The minimum atomic E-state index is -0.239. The average molecular weight is 282 g/mol. The van der Waals surface area contributed by atoms with Crippen molar-refractivity contribution in [3.8, 4) is 0 Å². The Kier molecular flexibility index (Phi) is 7.01. The molecule has 0 unspecified atom stereocenters. The Morgan fingerprint density at radius 2 is 1.70 bits per heavy atom. The van der Waals surface area contributed by atoms with Crippen LogP contribution in [0.1, 0.15) is 79.1 Å². The third-order valence-electron chi connectivity index (χ3n) is 4.62. The number of amides is 1. The summed E-state index contributed by atoms with van der Waals surface area (Å²) in [4.78, 5) is 14.9. The zero-order valence-corrected chi connectivity index (χ0v) is 14.0. The van der Waals surface area contributed by atoms with E-state index in [2.05, 4.69) is 32.6 Å². The van der Waals surface area contributed by atoms with Crippen LogP contribution < -0.4 is 5.73 Å². The molecule has 1 saturated carbocycles. The molecule has 3 heteroatoms. The summed E-state index contributed by atoms with van der Waals surface area (Å²) in [5.74, 6) is 0.788. The molecule has 1 rings (SSSR count). The lowest BCUT2D eigenvalue weighted by atomic mass is 9.80. The van der Waals surface area contributed by atoms with E-state index in [1.807, 2.05) is 0 Å². The molecule has 2 N–H and O–H groups in total. The van der Waals surface area contributed by atoms with Crippen LogP contribution in [-0.2, 0) is 4.79 Å². The second-order valence-corrected chi connectivity index (χ2v) is 7.01.